The molecule has 116 valence electrons. The molecular weight excluding hydrogens is 258 g/mol. The van der Waals surface area contributed by atoms with Gasteiger partial charge in [-0.15, -0.1) is 0 Å². The highest BCUT2D eigenvalue weighted by atomic mass is 16.1. The number of hydrogen-bond acceptors (Lipinski definition) is 1. The molecule has 2 unspecified atom stereocenters. The van der Waals surface area contributed by atoms with Crippen LogP contribution in [0.3, 0.4) is 0 Å². The van der Waals surface area contributed by atoms with Crippen molar-refractivity contribution < 1.29 is 4.79 Å². The van der Waals surface area contributed by atoms with Crippen molar-refractivity contribution in [3.8, 4) is 0 Å². The molecule has 1 aliphatic carbocycles. The van der Waals surface area contributed by atoms with E-state index >= 15 is 0 Å². The first-order valence-electron chi connectivity index (χ1n) is 8.22. The Morgan fingerprint density at radius 2 is 1.33 bits per heavy atom. The molecule has 0 bridgehead atoms. The van der Waals surface area contributed by atoms with Crippen molar-refractivity contribution in [1.82, 2.24) is 5.32 Å². The number of rotatable bonds is 2. The van der Waals surface area contributed by atoms with Crippen molar-refractivity contribution in [3.05, 3.63) is 33.4 Å². The highest BCUT2D eigenvalue weighted by Gasteiger charge is 2.25. The first-order valence-corrected chi connectivity index (χ1v) is 8.22. The minimum atomic E-state index is 0.120. The van der Waals surface area contributed by atoms with Crippen LogP contribution in [0.1, 0.15) is 70.8 Å². The Balaban J connectivity index is 2.31. The Morgan fingerprint density at radius 1 is 0.857 bits per heavy atom. The minimum absolute atomic E-state index is 0.120. The lowest BCUT2D eigenvalue weighted by Gasteiger charge is -2.30. The lowest BCUT2D eigenvalue weighted by atomic mass is 9.85. The fraction of sp³-hybridized carbons (Fsp3) is 0.632. The van der Waals surface area contributed by atoms with E-state index in [-0.39, 0.29) is 5.91 Å². The molecule has 0 aliphatic heterocycles. The highest BCUT2D eigenvalue weighted by molar-refractivity contribution is 5.98. The van der Waals surface area contributed by atoms with Crippen LogP contribution in [0.15, 0.2) is 0 Å². The molecule has 2 rings (SSSR count). The van der Waals surface area contributed by atoms with Gasteiger partial charge in [0.1, 0.15) is 0 Å². The molecule has 1 aromatic rings. The number of carbonyl (C=O) groups excluding carboxylic acids is 1. The van der Waals surface area contributed by atoms with Gasteiger partial charge in [0.15, 0.2) is 0 Å². The number of hydrogen-bond donors (Lipinski definition) is 1. The Hall–Kier alpha value is -1.31. The SMILES string of the molecule is Cc1c(C)c(C)c(C(=O)NC2CCCCC2C)c(C)c1C. The van der Waals surface area contributed by atoms with Gasteiger partial charge in [-0.1, -0.05) is 19.8 Å². The maximum Gasteiger partial charge on any atom is 0.252 e. The molecular formula is C19H29NO. The zero-order chi connectivity index (χ0) is 15.7. The lowest BCUT2D eigenvalue weighted by Crippen LogP contribution is -2.41. The maximum absolute atomic E-state index is 12.8. The molecule has 2 nitrogen and oxygen atoms in total. The summed E-state index contributed by atoms with van der Waals surface area (Å²) < 4.78 is 0. The average Bonchev–Trinajstić information content (AvgIpc) is 2.46. The molecule has 2 atom stereocenters. The number of benzene rings is 1. The largest absolute Gasteiger partial charge is 0.349 e. The van der Waals surface area contributed by atoms with Crippen LogP contribution in [0.4, 0.5) is 0 Å². The summed E-state index contributed by atoms with van der Waals surface area (Å²) in [5.41, 5.74) is 6.98. The molecule has 0 heterocycles. The zero-order valence-corrected chi connectivity index (χ0v) is 14.4. The fourth-order valence-corrected chi connectivity index (χ4v) is 3.61. The molecule has 2 heteroatoms. The third-order valence-corrected chi connectivity index (χ3v) is 5.66. The Kier molecular flexibility index (Phi) is 4.75. The number of carbonyl (C=O) groups is 1. The molecule has 0 spiro atoms. The molecule has 1 aromatic carbocycles. The summed E-state index contributed by atoms with van der Waals surface area (Å²) >= 11 is 0. The molecule has 1 aliphatic rings. The summed E-state index contributed by atoms with van der Waals surface area (Å²) in [4.78, 5) is 12.8. The zero-order valence-electron chi connectivity index (χ0n) is 14.4. The lowest BCUT2D eigenvalue weighted by molar-refractivity contribution is 0.0909. The van der Waals surface area contributed by atoms with E-state index in [4.69, 9.17) is 0 Å². The minimum Gasteiger partial charge on any atom is -0.349 e. The number of amides is 1. The van der Waals surface area contributed by atoms with E-state index in [0.29, 0.717) is 12.0 Å². The van der Waals surface area contributed by atoms with Crippen molar-refractivity contribution in [3.63, 3.8) is 0 Å². The average molecular weight is 287 g/mol. The summed E-state index contributed by atoms with van der Waals surface area (Å²) in [6.45, 7) is 12.8. The predicted octanol–water partition coefficient (Wildman–Crippen LogP) is 4.54. The van der Waals surface area contributed by atoms with Crippen molar-refractivity contribution in [2.45, 2.75) is 73.3 Å². The van der Waals surface area contributed by atoms with E-state index < -0.39 is 0 Å². The van der Waals surface area contributed by atoms with Crippen LogP contribution in [-0.2, 0) is 0 Å². The molecule has 0 radical (unpaired) electrons. The third kappa shape index (κ3) is 3.00. The standard InChI is InChI=1S/C19H29NO/c1-11-9-7-8-10-17(11)20-19(21)18-15(5)13(3)12(2)14(4)16(18)6/h11,17H,7-10H2,1-6H3,(H,20,21). The van der Waals surface area contributed by atoms with Crippen LogP contribution < -0.4 is 5.32 Å². The maximum atomic E-state index is 12.8. The van der Waals surface area contributed by atoms with Crippen LogP contribution in [0, 0.1) is 40.5 Å². The van der Waals surface area contributed by atoms with Gasteiger partial charge in [-0.2, -0.15) is 0 Å². The first kappa shape index (κ1) is 16.1. The Bertz CT molecular complexity index is 530. The molecule has 21 heavy (non-hydrogen) atoms. The summed E-state index contributed by atoms with van der Waals surface area (Å²) in [5, 5.41) is 3.30. The van der Waals surface area contributed by atoms with Crippen LogP contribution in [-0.4, -0.2) is 11.9 Å². The summed E-state index contributed by atoms with van der Waals surface area (Å²) in [6.07, 6.45) is 4.89. The van der Waals surface area contributed by atoms with E-state index in [1.165, 1.54) is 36.0 Å². The van der Waals surface area contributed by atoms with Gasteiger partial charge >= 0.3 is 0 Å². The summed E-state index contributed by atoms with van der Waals surface area (Å²) in [5.74, 6) is 0.714. The molecule has 0 saturated heterocycles. The summed E-state index contributed by atoms with van der Waals surface area (Å²) in [6, 6.07) is 0.340. The van der Waals surface area contributed by atoms with Crippen LogP contribution >= 0.6 is 0 Å². The second-order valence-electron chi connectivity index (χ2n) is 6.84. The second kappa shape index (κ2) is 6.21. The first-order chi connectivity index (χ1) is 9.84. The molecule has 1 fully saturated rings. The van der Waals surface area contributed by atoms with Gasteiger partial charge in [0, 0.05) is 11.6 Å². The van der Waals surface area contributed by atoms with E-state index in [0.717, 1.165) is 23.1 Å². The van der Waals surface area contributed by atoms with Gasteiger partial charge in [-0.3, -0.25) is 4.79 Å². The van der Waals surface area contributed by atoms with E-state index in [9.17, 15) is 4.79 Å². The quantitative estimate of drug-likeness (QED) is 0.850. The summed E-state index contributed by atoms with van der Waals surface area (Å²) in [7, 11) is 0. The van der Waals surface area contributed by atoms with E-state index in [1.54, 1.807) is 0 Å². The molecule has 1 N–H and O–H groups in total. The van der Waals surface area contributed by atoms with Gasteiger partial charge in [-0.25, -0.2) is 0 Å². The van der Waals surface area contributed by atoms with Gasteiger partial charge in [0.25, 0.3) is 5.91 Å². The third-order valence-electron chi connectivity index (χ3n) is 5.66. The topological polar surface area (TPSA) is 29.1 Å². The van der Waals surface area contributed by atoms with Crippen molar-refractivity contribution in [2.75, 3.05) is 0 Å². The van der Waals surface area contributed by atoms with E-state index in [2.05, 4.69) is 46.9 Å². The van der Waals surface area contributed by atoms with E-state index in [1.807, 2.05) is 0 Å². The van der Waals surface area contributed by atoms with Gasteiger partial charge in [0.05, 0.1) is 0 Å². The molecule has 1 saturated carbocycles. The normalized spacial score (nSPS) is 22.2. The fourth-order valence-electron chi connectivity index (χ4n) is 3.61. The van der Waals surface area contributed by atoms with Crippen LogP contribution in [0.2, 0.25) is 0 Å². The Labute approximate surface area is 129 Å². The predicted molar refractivity (Wildman–Crippen MR) is 89.0 cm³/mol. The Morgan fingerprint density at radius 3 is 1.86 bits per heavy atom. The highest BCUT2D eigenvalue weighted by Crippen LogP contribution is 2.28. The smallest absolute Gasteiger partial charge is 0.252 e. The van der Waals surface area contributed by atoms with Crippen molar-refractivity contribution in [1.29, 1.82) is 0 Å². The number of nitrogens with one attached hydrogen (secondary N) is 1. The van der Waals surface area contributed by atoms with Gasteiger partial charge in [-0.05, 0) is 81.2 Å². The monoisotopic (exact) mass is 287 g/mol. The van der Waals surface area contributed by atoms with Crippen LogP contribution in [0.5, 0.6) is 0 Å². The van der Waals surface area contributed by atoms with Crippen LogP contribution in [0.25, 0.3) is 0 Å². The van der Waals surface area contributed by atoms with Gasteiger partial charge in [0.2, 0.25) is 0 Å². The van der Waals surface area contributed by atoms with Crippen molar-refractivity contribution in [2.24, 2.45) is 5.92 Å². The molecule has 0 aromatic heterocycles. The van der Waals surface area contributed by atoms with Crippen molar-refractivity contribution >= 4 is 5.91 Å². The second-order valence-corrected chi connectivity index (χ2v) is 6.84. The van der Waals surface area contributed by atoms with Gasteiger partial charge < -0.3 is 5.32 Å². The molecule has 1 amide bonds.